The molecule has 0 amide bonds. The number of phenols is 1. The molecule has 0 saturated heterocycles. The molecule has 0 aliphatic heterocycles. The van der Waals surface area contributed by atoms with Crippen LogP contribution >= 0.6 is 0 Å². The van der Waals surface area contributed by atoms with E-state index in [1.165, 1.54) is 0 Å². The first-order valence-corrected chi connectivity index (χ1v) is 10.9. The van der Waals surface area contributed by atoms with Gasteiger partial charge >= 0.3 is 5.97 Å². The molecule has 0 bridgehead atoms. The number of ether oxygens (including phenoxy) is 2. The second kappa shape index (κ2) is 9.36. The molecule has 4 aromatic rings. The summed E-state index contributed by atoms with van der Waals surface area (Å²) in [5, 5.41) is 15.4. The van der Waals surface area contributed by atoms with Gasteiger partial charge in [0.15, 0.2) is 11.5 Å². The Morgan fingerprint density at radius 2 is 1.97 bits per heavy atom. The lowest BCUT2D eigenvalue weighted by atomic mass is 10.1. The van der Waals surface area contributed by atoms with Crippen molar-refractivity contribution >= 4 is 16.9 Å². The van der Waals surface area contributed by atoms with E-state index >= 15 is 0 Å². The van der Waals surface area contributed by atoms with Crippen LogP contribution in [0.3, 0.4) is 0 Å². The molecule has 0 spiro atoms. The lowest BCUT2D eigenvalue weighted by molar-refractivity contribution is -0.143. The molecule has 1 N–H and O–H groups in total. The van der Waals surface area contributed by atoms with Crippen molar-refractivity contribution in [2.45, 2.75) is 46.8 Å². The van der Waals surface area contributed by atoms with E-state index < -0.39 is 0 Å². The van der Waals surface area contributed by atoms with Gasteiger partial charge in [-0.2, -0.15) is 4.98 Å². The van der Waals surface area contributed by atoms with Crippen LogP contribution < -0.4 is 4.74 Å². The summed E-state index contributed by atoms with van der Waals surface area (Å²) in [4.78, 5) is 16.2. The van der Waals surface area contributed by atoms with Gasteiger partial charge in [0.05, 0.1) is 19.1 Å². The van der Waals surface area contributed by atoms with Crippen LogP contribution in [0.5, 0.6) is 11.5 Å². The number of benzene rings is 2. The number of phenolic OH excluding ortho intramolecular Hbond substituents is 1. The number of aromatic hydroxyl groups is 1. The Morgan fingerprint density at radius 3 is 2.70 bits per heavy atom. The third-order valence-electron chi connectivity index (χ3n) is 5.20. The Morgan fingerprint density at radius 1 is 1.18 bits per heavy atom. The number of aromatic nitrogens is 3. The van der Waals surface area contributed by atoms with E-state index in [2.05, 4.69) is 14.7 Å². The zero-order chi connectivity index (χ0) is 23.5. The molecule has 2 aromatic carbocycles. The molecule has 2 aromatic heterocycles. The van der Waals surface area contributed by atoms with Gasteiger partial charge in [0.2, 0.25) is 5.82 Å². The van der Waals surface area contributed by atoms with Crippen molar-refractivity contribution in [2.75, 3.05) is 6.61 Å². The minimum atomic E-state index is -0.206. The Kier molecular flexibility index (Phi) is 6.35. The van der Waals surface area contributed by atoms with Crippen LogP contribution in [0.4, 0.5) is 0 Å². The molecule has 0 saturated carbocycles. The quantitative estimate of drug-likeness (QED) is 0.373. The monoisotopic (exact) mass is 449 g/mol. The molecule has 172 valence electrons. The van der Waals surface area contributed by atoms with E-state index in [4.69, 9.17) is 14.0 Å². The fraction of sp³-hybridized carbons (Fsp3) is 0.320. The zero-order valence-electron chi connectivity index (χ0n) is 19.2. The van der Waals surface area contributed by atoms with E-state index in [0.717, 1.165) is 22.0 Å². The predicted octanol–water partition coefficient (Wildman–Crippen LogP) is 5.11. The minimum absolute atomic E-state index is 0.0159. The number of carbonyl (C=O) groups is 1. The molecule has 2 heterocycles. The van der Waals surface area contributed by atoms with Crippen LogP contribution in [0, 0.1) is 6.92 Å². The van der Waals surface area contributed by atoms with Gasteiger partial charge in [-0.05, 0) is 69.7 Å². The highest BCUT2D eigenvalue weighted by Gasteiger charge is 2.15. The van der Waals surface area contributed by atoms with Crippen LogP contribution in [0.25, 0.3) is 33.7 Å². The van der Waals surface area contributed by atoms with Gasteiger partial charge in [-0.3, -0.25) is 4.79 Å². The summed E-state index contributed by atoms with van der Waals surface area (Å²) in [6.07, 6.45) is 2.30. The van der Waals surface area contributed by atoms with Gasteiger partial charge in [0.1, 0.15) is 0 Å². The second-order valence-electron chi connectivity index (χ2n) is 8.06. The van der Waals surface area contributed by atoms with Gasteiger partial charge in [-0.15, -0.1) is 0 Å². The molecular formula is C25H27N3O5. The number of rotatable bonds is 8. The fourth-order valence-electron chi connectivity index (χ4n) is 3.71. The summed E-state index contributed by atoms with van der Waals surface area (Å²) in [7, 11) is 0. The largest absolute Gasteiger partial charge is 0.504 e. The Bertz CT molecular complexity index is 1290. The third kappa shape index (κ3) is 4.84. The van der Waals surface area contributed by atoms with E-state index in [0.29, 0.717) is 42.6 Å². The van der Waals surface area contributed by atoms with Crippen molar-refractivity contribution in [1.82, 2.24) is 14.7 Å². The van der Waals surface area contributed by atoms with E-state index in [-0.39, 0.29) is 17.8 Å². The molecule has 0 aliphatic carbocycles. The molecule has 0 radical (unpaired) electrons. The number of nitrogens with zero attached hydrogens (tertiary/aromatic N) is 3. The van der Waals surface area contributed by atoms with Crippen LogP contribution in [0.15, 0.2) is 47.1 Å². The molecule has 0 fully saturated rings. The van der Waals surface area contributed by atoms with E-state index in [1.807, 2.05) is 45.2 Å². The van der Waals surface area contributed by atoms with Crippen LogP contribution in [0.2, 0.25) is 0 Å². The van der Waals surface area contributed by atoms with Gasteiger partial charge < -0.3 is 23.7 Å². The molecule has 0 unspecified atom stereocenters. The highest BCUT2D eigenvalue weighted by Crippen LogP contribution is 2.33. The maximum atomic E-state index is 11.7. The average molecular weight is 450 g/mol. The maximum absolute atomic E-state index is 11.7. The number of esters is 1. The minimum Gasteiger partial charge on any atom is -0.504 e. The van der Waals surface area contributed by atoms with E-state index in [1.54, 1.807) is 25.1 Å². The highest BCUT2D eigenvalue weighted by atomic mass is 16.5. The smallest absolute Gasteiger partial charge is 0.307 e. The van der Waals surface area contributed by atoms with Crippen molar-refractivity contribution in [3.05, 3.63) is 48.2 Å². The number of hydrogen-bond donors (Lipinski definition) is 1. The maximum Gasteiger partial charge on any atom is 0.307 e. The first-order valence-electron chi connectivity index (χ1n) is 10.9. The second-order valence-corrected chi connectivity index (χ2v) is 8.06. The number of carbonyl (C=O) groups excluding carboxylic acids is 1. The van der Waals surface area contributed by atoms with Crippen molar-refractivity contribution in [2.24, 2.45) is 0 Å². The summed E-state index contributed by atoms with van der Waals surface area (Å²) in [6, 6.07) is 10.9. The average Bonchev–Trinajstić information content (AvgIpc) is 3.39. The normalized spacial score (nSPS) is 11.3. The van der Waals surface area contributed by atoms with Gasteiger partial charge in [-0.1, -0.05) is 5.16 Å². The summed E-state index contributed by atoms with van der Waals surface area (Å²) in [6.45, 7) is 8.55. The number of aryl methyl sites for hydroxylation is 2. The number of fused-ring (bicyclic) bond motifs is 1. The van der Waals surface area contributed by atoms with Crippen molar-refractivity contribution < 1.29 is 23.9 Å². The van der Waals surface area contributed by atoms with Gasteiger partial charge in [0.25, 0.3) is 5.89 Å². The molecular weight excluding hydrogens is 422 g/mol. The molecule has 8 nitrogen and oxygen atoms in total. The van der Waals surface area contributed by atoms with Gasteiger partial charge in [0, 0.05) is 34.8 Å². The van der Waals surface area contributed by atoms with Crippen molar-refractivity contribution in [3.63, 3.8) is 0 Å². The van der Waals surface area contributed by atoms with Crippen molar-refractivity contribution in [3.8, 4) is 34.3 Å². The first-order chi connectivity index (χ1) is 15.9. The summed E-state index contributed by atoms with van der Waals surface area (Å²) >= 11 is 0. The molecule has 8 heteroatoms. The summed E-state index contributed by atoms with van der Waals surface area (Å²) in [5.41, 5.74) is 3.53. The summed E-state index contributed by atoms with van der Waals surface area (Å²) < 4.78 is 18.1. The summed E-state index contributed by atoms with van der Waals surface area (Å²) in [5.74, 6) is 0.972. The van der Waals surface area contributed by atoms with Crippen LogP contribution in [-0.2, 0) is 16.1 Å². The Labute approximate surface area is 191 Å². The van der Waals surface area contributed by atoms with Crippen LogP contribution in [-0.4, -0.2) is 38.5 Å². The highest BCUT2D eigenvalue weighted by molar-refractivity contribution is 5.88. The Balaban J connectivity index is 1.57. The fourth-order valence-corrected chi connectivity index (χ4v) is 3.71. The van der Waals surface area contributed by atoms with E-state index in [9.17, 15) is 9.90 Å². The SMILES string of the molecule is CCOC(=O)CCn1cc(C)c2cc(-c3noc(-c4ccc(OC(C)C)c(O)c4)n3)ccc21. The number of hydrogen-bond acceptors (Lipinski definition) is 7. The third-order valence-corrected chi connectivity index (χ3v) is 5.20. The zero-order valence-corrected chi connectivity index (χ0v) is 19.2. The molecule has 33 heavy (non-hydrogen) atoms. The predicted molar refractivity (Wildman–Crippen MR) is 124 cm³/mol. The standard InChI is InChI=1S/C25H27N3O5/c1-5-31-23(30)10-11-28-14-16(4)19-12-17(6-8-20(19)28)24-26-25(33-27-24)18-7-9-22(21(29)13-18)32-15(2)3/h6-9,12-15,29H,5,10-11H2,1-4H3. The van der Waals surface area contributed by atoms with Crippen molar-refractivity contribution in [1.29, 1.82) is 0 Å². The lowest BCUT2D eigenvalue weighted by Gasteiger charge is -2.11. The molecule has 0 aliphatic rings. The molecule has 4 rings (SSSR count). The first kappa shape index (κ1) is 22.4. The lowest BCUT2D eigenvalue weighted by Crippen LogP contribution is -2.08. The Hall–Kier alpha value is -3.81. The topological polar surface area (TPSA) is 99.6 Å². The molecule has 0 atom stereocenters. The van der Waals surface area contributed by atoms with Gasteiger partial charge in [-0.25, -0.2) is 0 Å². The van der Waals surface area contributed by atoms with Crippen LogP contribution in [0.1, 0.15) is 32.8 Å².